The fourth-order valence-electron chi connectivity index (χ4n) is 1.92. The second-order valence-corrected chi connectivity index (χ2v) is 5.90. The highest BCUT2D eigenvalue weighted by molar-refractivity contribution is 5.50. The smallest absolute Gasteiger partial charge is 0.0338 e. The van der Waals surface area contributed by atoms with Gasteiger partial charge in [0.25, 0.3) is 0 Å². The lowest BCUT2D eigenvalue weighted by Gasteiger charge is -2.18. The summed E-state index contributed by atoms with van der Waals surface area (Å²) in [5.74, 6) is 6.40. The Morgan fingerprint density at radius 1 is 0.750 bits per heavy atom. The van der Waals surface area contributed by atoms with Crippen molar-refractivity contribution >= 4 is 5.69 Å². The first-order valence-corrected chi connectivity index (χ1v) is 6.89. The first kappa shape index (κ1) is 14.2. The summed E-state index contributed by atoms with van der Waals surface area (Å²) in [4.78, 5) is 0. The maximum Gasteiger partial charge on any atom is 0.0338 e. The summed E-state index contributed by atoms with van der Waals surface area (Å²) in [5.41, 5.74) is 4.71. The minimum absolute atomic E-state index is 0.189. The number of nitrogens with one attached hydrogen (secondary N) is 1. The number of hydrogen-bond acceptors (Lipinski definition) is 1. The highest BCUT2D eigenvalue weighted by atomic mass is 14.8. The molecule has 0 aromatic heterocycles. The zero-order chi connectivity index (χ0) is 14.6. The van der Waals surface area contributed by atoms with E-state index in [0.29, 0.717) is 0 Å². The van der Waals surface area contributed by atoms with Crippen molar-refractivity contribution in [3.05, 3.63) is 65.2 Å². The molecule has 0 radical (unpaired) electrons. The zero-order valence-electron chi connectivity index (χ0n) is 12.6. The van der Waals surface area contributed by atoms with Crippen LogP contribution in [0.3, 0.4) is 0 Å². The Hall–Kier alpha value is -2.20. The normalized spacial score (nSPS) is 10.6. The van der Waals surface area contributed by atoms with Gasteiger partial charge in [0.05, 0.1) is 0 Å². The molecule has 0 atom stereocenters. The van der Waals surface area contributed by atoms with Gasteiger partial charge in [-0.3, -0.25) is 0 Å². The van der Waals surface area contributed by atoms with Crippen molar-refractivity contribution in [3.63, 3.8) is 0 Å². The summed E-state index contributed by atoms with van der Waals surface area (Å²) in [6, 6.07) is 16.6. The summed E-state index contributed by atoms with van der Waals surface area (Å²) in [7, 11) is 1.91. The van der Waals surface area contributed by atoms with Crippen LogP contribution in [-0.4, -0.2) is 7.05 Å². The van der Waals surface area contributed by atoms with Crippen molar-refractivity contribution < 1.29 is 0 Å². The van der Waals surface area contributed by atoms with Gasteiger partial charge in [0.15, 0.2) is 0 Å². The van der Waals surface area contributed by atoms with Crippen LogP contribution in [0.15, 0.2) is 48.5 Å². The molecule has 1 heteroatoms. The third-order valence-electron chi connectivity index (χ3n) is 3.28. The van der Waals surface area contributed by atoms with Gasteiger partial charge in [0, 0.05) is 23.9 Å². The monoisotopic (exact) mass is 263 g/mol. The van der Waals surface area contributed by atoms with Crippen molar-refractivity contribution in [2.24, 2.45) is 0 Å². The van der Waals surface area contributed by atoms with E-state index in [-0.39, 0.29) is 5.41 Å². The second-order valence-electron chi connectivity index (χ2n) is 5.90. The number of hydrogen-bond donors (Lipinski definition) is 1. The fourth-order valence-corrected chi connectivity index (χ4v) is 1.92. The lowest BCUT2D eigenvalue weighted by atomic mass is 9.87. The predicted octanol–water partition coefficient (Wildman–Crippen LogP) is 4.43. The van der Waals surface area contributed by atoms with E-state index < -0.39 is 0 Å². The molecule has 0 spiro atoms. The highest BCUT2D eigenvalue weighted by Gasteiger charge is 2.12. The van der Waals surface area contributed by atoms with Gasteiger partial charge in [0.2, 0.25) is 0 Å². The summed E-state index contributed by atoms with van der Waals surface area (Å²) in [5, 5.41) is 3.10. The Bertz CT molecular complexity index is 617. The van der Waals surface area contributed by atoms with E-state index >= 15 is 0 Å². The van der Waals surface area contributed by atoms with E-state index in [1.807, 2.05) is 31.3 Å². The molecule has 2 rings (SSSR count). The lowest BCUT2D eigenvalue weighted by molar-refractivity contribution is 0.590. The Labute approximate surface area is 122 Å². The molecule has 0 saturated heterocycles. The van der Waals surface area contributed by atoms with Gasteiger partial charge in [0.1, 0.15) is 0 Å². The first-order valence-electron chi connectivity index (χ1n) is 6.89. The molecule has 0 bridgehead atoms. The lowest BCUT2D eigenvalue weighted by Crippen LogP contribution is -2.10. The van der Waals surface area contributed by atoms with Gasteiger partial charge >= 0.3 is 0 Å². The maximum absolute atomic E-state index is 3.21. The largest absolute Gasteiger partial charge is 0.388 e. The summed E-state index contributed by atoms with van der Waals surface area (Å²) in [6.45, 7) is 6.66. The average Bonchev–Trinajstić information content (AvgIpc) is 2.45. The predicted molar refractivity (Wildman–Crippen MR) is 87.1 cm³/mol. The molecular weight excluding hydrogens is 242 g/mol. The standard InChI is InChI=1S/C19H21N/c1-19(2,3)17-11-7-15(8-12-17)5-6-16-9-13-18(20-4)14-10-16/h7-14,20H,1-4H3. The topological polar surface area (TPSA) is 12.0 Å². The van der Waals surface area contributed by atoms with Crippen LogP contribution in [0, 0.1) is 11.8 Å². The molecule has 0 aliphatic heterocycles. The van der Waals surface area contributed by atoms with Crippen LogP contribution in [0.4, 0.5) is 5.69 Å². The molecule has 0 saturated carbocycles. The van der Waals surface area contributed by atoms with E-state index in [9.17, 15) is 0 Å². The quantitative estimate of drug-likeness (QED) is 0.751. The van der Waals surface area contributed by atoms with Gasteiger partial charge in [-0.25, -0.2) is 0 Å². The molecule has 0 amide bonds. The van der Waals surface area contributed by atoms with Crippen LogP contribution in [0.2, 0.25) is 0 Å². The minimum atomic E-state index is 0.189. The number of rotatable bonds is 1. The molecule has 2 aromatic rings. The van der Waals surface area contributed by atoms with Crippen LogP contribution >= 0.6 is 0 Å². The van der Waals surface area contributed by atoms with Gasteiger partial charge in [-0.2, -0.15) is 0 Å². The van der Waals surface area contributed by atoms with E-state index in [2.05, 4.69) is 62.2 Å². The second kappa shape index (κ2) is 5.84. The van der Waals surface area contributed by atoms with Crippen LogP contribution < -0.4 is 5.32 Å². The van der Waals surface area contributed by atoms with Crippen LogP contribution in [0.5, 0.6) is 0 Å². The molecule has 102 valence electrons. The van der Waals surface area contributed by atoms with Gasteiger partial charge in [-0.15, -0.1) is 0 Å². The Morgan fingerprint density at radius 3 is 1.60 bits per heavy atom. The Kier molecular flexibility index (Phi) is 4.15. The van der Waals surface area contributed by atoms with Crippen LogP contribution in [-0.2, 0) is 5.41 Å². The molecule has 1 nitrogen and oxygen atoms in total. The van der Waals surface area contributed by atoms with Crippen molar-refractivity contribution in [2.45, 2.75) is 26.2 Å². The molecule has 1 N–H and O–H groups in total. The summed E-state index contributed by atoms with van der Waals surface area (Å²) in [6.07, 6.45) is 0. The Morgan fingerprint density at radius 2 is 1.20 bits per heavy atom. The SMILES string of the molecule is CNc1ccc(C#Cc2ccc(C(C)(C)C)cc2)cc1. The van der Waals surface area contributed by atoms with E-state index in [0.717, 1.165) is 16.8 Å². The van der Waals surface area contributed by atoms with Crippen molar-refractivity contribution in [1.29, 1.82) is 0 Å². The number of benzene rings is 2. The average molecular weight is 263 g/mol. The molecule has 0 aliphatic rings. The van der Waals surface area contributed by atoms with Gasteiger partial charge in [-0.05, 0) is 47.4 Å². The molecule has 20 heavy (non-hydrogen) atoms. The van der Waals surface area contributed by atoms with E-state index in [4.69, 9.17) is 0 Å². The first-order chi connectivity index (χ1) is 9.49. The third kappa shape index (κ3) is 3.65. The van der Waals surface area contributed by atoms with Crippen molar-refractivity contribution in [3.8, 4) is 11.8 Å². The van der Waals surface area contributed by atoms with Crippen LogP contribution in [0.25, 0.3) is 0 Å². The molecule has 0 fully saturated rings. The number of anilines is 1. The molecule has 0 heterocycles. The summed E-state index contributed by atoms with van der Waals surface area (Å²) >= 11 is 0. The maximum atomic E-state index is 3.21. The molecule has 2 aromatic carbocycles. The molecule has 0 unspecified atom stereocenters. The van der Waals surface area contributed by atoms with Gasteiger partial charge in [-0.1, -0.05) is 44.7 Å². The summed E-state index contributed by atoms with van der Waals surface area (Å²) < 4.78 is 0. The van der Waals surface area contributed by atoms with E-state index in [1.165, 1.54) is 5.56 Å². The Balaban J connectivity index is 2.16. The third-order valence-corrected chi connectivity index (χ3v) is 3.28. The van der Waals surface area contributed by atoms with Crippen molar-refractivity contribution in [2.75, 3.05) is 12.4 Å². The molecular formula is C19H21N. The minimum Gasteiger partial charge on any atom is -0.388 e. The molecule has 0 aliphatic carbocycles. The van der Waals surface area contributed by atoms with Crippen molar-refractivity contribution in [1.82, 2.24) is 0 Å². The zero-order valence-corrected chi connectivity index (χ0v) is 12.6. The highest BCUT2D eigenvalue weighted by Crippen LogP contribution is 2.21. The van der Waals surface area contributed by atoms with Gasteiger partial charge < -0.3 is 5.32 Å². The van der Waals surface area contributed by atoms with Crippen LogP contribution in [0.1, 0.15) is 37.5 Å². The van der Waals surface area contributed by atoms with E-state index in [1.54, 1.807) is 0 Å². The fraction of sp³-hybridized carbons (Fsp3) is 0.263.